The topological polar surface area (TPSA) is 76.2 Å². The zero-order chi connectivity index (χ0) is 11.2. The number of hydrogen-bond acceptors (Lipinski definition) is 4. The summed E-state index contributed by atoms with van der Waals surface area (Å²) in [6.45, 7) is 3.75. The first kappa shape index (κ1) is 9.64. The molecule has 1 aromatic heterocycles. The average molecular weight is 207 g/mol. The minimum Gasteiger partial charge on any atom is -0.386 e. The predicted molar refractivity (Wildman–Crippen MR) is 50.9 cm³/mol. The molecule has 1 N–H and O–H groups in total. The van der Waals surface area contributed by atoms with Gasteiger partial charge in [-0.25, -0.2) is 9.59 Å². The Balaban J connectivity index is 2.72. The summed E-state index contributed by atoms with van der Waals surface area (Å²) in [6.07, 6.45) is 0. The van der Waals surface area contributed by atoms with Gasteiger partial charge in [0.1, 0.15) is 5.56 Å². The molecule has 0 saturated heterocycles. The summed E-state index contributed by atoms with van der Waals surface area (Å²) in [7, 11) is 0. The number of aromatic nitrogens is 1. The van der Waals surface area contributed by atoms with E-state index < -0.39 is 17.5 Å². The lowest BCUT2D eigenvalue weighted by molar-refractivity contribution is 0.0443. The molecular weight excluding hydrogens is 198 g/mol. The number of aromatic amines is 1. The molecule has 0 fully saturated rings. The van der Waals surface area contributed by atoms with Crippen LogP contribution in [-0.2, 0) is 4.74 Å². The highest BCUT2D eigenvalue weighted by atomic mass is 16.6. The molecule has 2 heterocycles. The van der Waals surface area contributed by atoms with E-state index in [1.165, 1.54) is 6.07 Å². The van der Waals surface area contributed by atoms with E-state index in [0.29, 0.717) is 5.69 Å². The van der Waals surface area contributed by atoms with E-state index >= 15 is 0 Å². The van der Waals surface area contributed by atoms with Gasteiger partial charge in [-0.1, -0.05) is 13.8 Å². The van der Waals surface area contributed by atoms with Gasteiger partial charge in [-0.05, 0) is 12.0 Å². The summed E-state index contributed by atoms with van der Waals surface area (Å²) < 4.78 is 4.35. The van der Waals surface area contributed by atoms with Crippen LogP contribution in [0.1, 0.15) is 46.2 Å². The van der Waals surface area contributed by atoms with Gasteiger partial charge in [0, 0.05) is 5.69 Å². The summed E-state index contributed by atoms with van der Waals surface area (Å²) >= 11 is 0. The van der Waals surface area contributed by atoms with E-state index in [1.54, 1.807) is 0 Å². The van der Waals surface area contributed by atoms with Crippen LogP contribution < -0.4 is 5.56 Å². The second-order valence-corrected chi connectivity index (χ2v) is 3.67. The first-order valence-electron chi connectivity index (χ1n) is 4.54. The normalized spacial score (nSPS) is 14.3. The number of rotatable bonds is 1. The molecule has 5 nitrogen and oxygen atoms in total. The Bertz CT molecular complexity index is 513. The summed E-state index contributed by atoms with van der Waals surface area (Å²) in [6, 6.07) is 1.49. The van der Waals surface area contributed by atoms with Crippen molar-refractivity contribution in [3.63, 3.8) is 0 Å². The van der Waals surface area contributed by atoms with Gasteiger partial charge in [0.15, 0.2) is 0 Å². The number of ether oxygens (including phenoxy) is 1. The third-order valence-electron chi connectivity index (χ3n) is 2.29. The lowest BCUT2D eigenvalue weighted by atomic mass is 10.1. The van der Waals surface area contributed by atoms with Crippen molar-refractivity contribution in [2.45, 2.75) is 19.8 Å². The first-order valence-corrected chi connectivity index (χ1v) is 4.54. The van der Waals surface area contributed by atoms with Crippen LogP contribution in [0.5, 0.6) is 0 Å². The molecular formula is C10H9NO4. The number of cyclic esters (lactones) is 2. The number of esters is 2. The fourth-order valence-corrected chi connectivity index (χ4v) is 1.44. The van der Waals surface area contributed by atoms with Crippen molar-refractivity contribution in [1.29, 1.82) is 0 Å². The number of pyridine rings is 1. The van der Waals surface area contributed by atoms with Gasteiger partial charge in [-0.3, -0.25) is 4.79 Å². The van der Waals surface area contributed by atoms with Crippen LogP contribution >= 0.6 is 0 Å². The van der Waals surface area contributed by atoms with Gasteiger partial charge in [0.2, 0.25) is 0 Å². The molecule has 0 aromatic carbocycles. The second kappa shape index (κ2) is 3.05. The number of nitrogens with one attached hydrogen (secondary N) is 1. The largest absolute Gasteiger partial charge is 0.386 e. The maximum atomic E-state index is 11.5. The molecule has 5 heteroatoms. The molecule has 0 saturated carbocycles. The van der Waals surface area contributed by atoms with E-state index in [9.17, 15) is 14.4 Å². The van der Waals surface area contributed by atoms with E-state index in [2.05, 4.69) is 9.72 Å². The smallest absolute Gasteiger partial charge is 0.352 e. The lowest BCUT2D eigenvalue weighted by Crippen LogP contribution is -2.18. The Morgan fingerprint density at radius 1 is 1.20 bits per heavy atom. The molecule has 0 radical (unpaired) electrons. The zero-order valence-corrected chi connectivity index (χ0v) is 8.29. The van der Waals surface area contributed by atoms with Crippen molar-refractivity contribution in [3.05, 3.63) is 33.2 Å². The molecule has 0 unspecified atom stereocenters. The van der Waals surface area contributed by atoms with E-state index in [-0.39, 0.29) is 17.0 Å². The Morgan fingerprint density at radius 2 is 1.87 bits per heavy atom. The monoisotopic (exact) mass is 207 g/mol. The average Bonchev–Trinajstić information content (AvgIpc) is 2.42. The van der Waals surface area contributed by atoms with Crippen molar-refractivity contribution < 1.29 is 14.3 Å². The summed E-state index contributed by atoms with van der Waals surface area (Å²) in [5.74, 6) is -1.54. The SMILES string of the molecule is CC(C)c1cc2c(c(=O)[nH]1)C(=O)OC2=O. The molecule has 0 atom stereocenters. The Kier molecular flexibility index (Phi) is 1.96. The Morgan fingerprint density at radius 3 is 2.47 bits per heavy atom. The molecule has 2 rings (SSSR count). The molecule has 0 bridgehead atoms. The van der Waals surface area contributed by atoms with E-state index in [4.69, 9.17) is 0 Å². The molecule has 0 amide bonds. The van der Waals surface area contributed by atoms with Gasteiger partial charge in [0.05, 0.1) is 5.56 Å². The van der Waals surface area contributed by atoms with Gasteiger partial charge >= 0.3 is 11.9 Å². The predicted octanol–water partition coefficient (Wildman–Crippen LogP) is 0.809. The highest BCUT2D eigenvalue weighted by molar-refractivity contribution is 6.14. The number of hydrogen-bond donors (Lipinski definition) is 1. The fourth-order valence-electron chi connectivity index (χ4n) is 1.44. The highest BCUT2D eigenvalue weighted by Crippen LogP contribution is 2.19. The van der Waals surface area contributed by atoms with E-state index in [1.807, 2.05) is 13.8 Å². The van der Waals surface area contributed by atoms with Gasteiger partial charge in [0.25, 0.3) is 5.56 Å². The van der Waals surface area contributed by atoms with Crippen LogP contribution in [0.15, 0.2) is 10.9 Å². The van der Waals surface area contributed by atoms with Crippen LogP contribution in [-0.4, -0.2) is 16.9 Å². The number of carbonyl (C=O) groups excluding carboxylic acids is 2. The molecule has 1 aliphatic rings. The highest BCUT2D eigenvalue weighted by Gasteiger charge is 2.33. The number of H-pyrrole nitrogens is 1. The summed E-state index contributed by atoms with van der Waals surface area (Å²) in [4.78, 5) is 36.4. The minimum absolute atomic E-state index is 0.0625. The Hall–Kier alpha value is -1.91. The van der Waals surface area contributed by atoms with Crippen molar-refractivity contribution in [2.24, 2.45) is 0 Å². The second-order valence-electron chi connectivity index (χ2n) is 3.67. The van der Waals surface area contributed by atoms with Crippen molar-refractivity contribution >= 4 is 11.9 Å². The van der Waals surface area contributed by atoms with Crippen molar-refractivity contribution in [2.75, 3.05) is 0 Å². The van der Waals surface area contributed by atoms with Crippen molar-refractivity contribution in [1.82, 2.24) is 4.98 Å². The molecule has 0 aliphatic carbocycles. The van der Waals surface area contributed by atoms with Crippen LogP contribution in [0.25, 0.3) is 0 Å². The van der Waals surface area contributed by atoms with Gasteiger partial charge in [-0.15, -0.1) is 0 Å². The van der Waals surface area contributed by atoms with Crippen LogP contribution in [0, 0.1) is 0 Å². The fraction of sp³-hybridized carbons (Fsp3) is 0.300. The Labute approximate surface area is 85.1 Å². The van der Waals surface area contributed by atoms with Crippen LogP contribution in [0.4, 0.5) is 0 Å². The third-order valence-corrected chi connectivity index (χ3v) is 2.29. The molecule has 1 aromatic rings. The third kappa shape index (κ3) is 1.36. The standard InChI is InChI=1S/C10H9NO4/c1-4(2)6-3-5-7(8(12)11-6)10(14)15-9(5)13/h3-4H,1-2H3,(H,11,12). The summed E-state index contributed by atoms with van der Waals surface area (Å²) in [5, 5.41) is 0. The number of fused-ring (bicyclic) bond motifs is 1. The zero-order valence-electron chi connectivity index (χ0n) is 8.29. The number of carbonyl (C=O) groups is 2. The van der Waals surface area contributed by atoms with Crippen molar-refractivity contribution in [3.8, 4) is 0 Å². The van der Waals surface area contributed by atoms with Gasteiger partial charge in [-0.2, -0.15) is 0 Å². The molecule has 78 valence electrons. The maximum Gasteiger partial charge on any atom is 0.352 e. The first-order chi connectivity index (χ1) is 7.00. The quantitative estimate of drug-likeness (QED) is 0.546. The summed E-state index contributed by atoms with van der Waals surface area (Å²) in [5.41, 5.74) is -0.0747. The van der Waals surface area contributed by atoms with Crippen LogP contribution in [0.3, 0.4) is 0 Å². The minimum atomic E-state index is -0.869. The van der Waals surface area contributed by atoms with Gasteiger partial charge < -0.3 is 9.72 Å². The lowest BCUT2D eigenvalue weighted by Gasteiger charge is -2.04. The molecule has 1 aliphatic heterocycles. The molecule has 0 spiro atoms. The van der Waals surface area contributed by atoms with Crippen LogP contribution in [0.2, 0.25) is 0 Å². The van der Waals surface area contributed by atoms with E-state index in [0.717, 1.165) is 0 Å². The molecule has 15 heavy (non-hydrogen) atoms. The maximum absolute atomic E-state index is 11.5.